The van der Waals surface area contributed by atoms with Crippen LogP contribution in [0.4, 0.5) is 0 Å². The van der Waals surface area contributed by atoms with Crippen molar-refractivity contribution in [3.05, 3.63) is 0 Å². The van der Waals surface area contributed by atoms with Gasteiger partial charge in [0.05, 0.1) is 6.54 Å². The van der Waals surface area contributed by atoms with Gasteiger partial charge in [-0.15, -0.1) is 0 Å². The molecule has 0 aromatic heterocycles. The predicted molar refractivity (Wildman–Crippen MR) is 138 cm³/mol. The summed E-state index contributed by atoms with van der Waals surface area (Å²) in [5.74, 6) is -0.842. The highest BCUT2D eigenvalue weighted by atomic mass is 16.2. The zero-order chi connectivity index (χ0) is 26.2. The normalized spacial score (nSPS) is 23.3. The van der Waals surface area contributed by atoms with Gasteiger partial charge in [-0.2, -0.15) is 0 Å². The van der Waals surface area contributed by atoms with E-state index >= 15 is 0 Å². The average Bonchev–Trinajstić information content (AvgIpc) is 2.82. The molecule has 0 aliphatic carbocycles. The van der Waals surface area contributed by atoms with Crippen LogP contribution in [0.5, 0.6) is 0 Å². The molecule has 0 aromatic carbocycles. The van der Waals surface area contributed by atoms with Crippen LogP contribution in [-0.2, 0) is 19.2 Å². The third kappa shape index (κ3) is 12.4. The molecule has 0 spiro atoms. The molecule has 1 fully saturated rings. The summed E-state index contributed by atoms with van der Waals surface area (Å²) in [6.45, 7) is 8.35. The van der Waals surface area contributed by atoms with Crippen LogP contribution in [0.15, 0.2) is 0 Å². The Labute approximate surface area is 211 Å². The molecule has 6 N–H and O–H groups in total. The Bertz CT molecular complexity index is 670. The highest BCUT2D eigenvalue weighted by Gasteiger charge is 2.30. The maximum Gasteiger partial charge on any atom is 0.243 e. The van der Waals surface area contributed by atoms with Crippen molar-refractivity contribution in [2.75, 3.05) is 13.1 Å². The first-order valence-corrected chi connectivity index (χ1v) is 13.6. The summed E-state index contributed by atoms with van der Waals surface area (Å²) in [4.78, 5) is 50.9. The molecule has 1 heterocycles. The second kappa shape index (κ2) is 17.3. The Hall–Kier alpha value is -2.16. The Kier molecular flexibility index (Phi) is 15.3. The van der Waals surface area contributed by atoms with Gasteiger partial charge in [0.2, 0.25) is 23.6 Å². The summed E-state index contributed by atoms with van der Waals surface area (Å²) in [5.41, 5.74) is 5.58. The van der Waals surface area contributed by atoms with E-state index in [2.05, 4.69) is 35.1 Å². The molecular formula is C26H49N5O4. The molecule has 9 nitrogen and oxygen atoms in total. The first-order valence-electron chi connectivity index (χ1n) is 13.6. The van der Waals surface area contributed by atoms with E-state index in [1.54, 1.807) is 0 Å². The minimum Gasteiger partial charge on any atom is -0.351 e. The molecule has 4 amide bonds. The van der Waals surface area contributed by atoms with Crippen molar-refractivity contribution in [2.45, 2.75) is 116 Å². The SMILES string of the molecule is CCCC(CC)CCCCCC1CC(=O)NCC(=O)N[C@@H](CCCN)C(=O)N[C@@H](C(C)C)C(=O)N1. The van der Waals surface area contributed by atoms with E-state index in [-0.39, 0.29) is 36.7 Å². The van der Waals surface area contributed by atoms with Crippen LogP contribution in [0.25, 0.3) is 0 Å². The Morgan fingerprint density at radius 2 is 1.60 bits per heavy atom. The monoisotopic (exact) mass is 495 g/mol. The zero-order valence-electron chi connectivity index (χ0n) is 22.3. The highest BCUT2D eigenvalue weighted by Crippen LogP contribution is 2.20. The van der Waals surface area contributed by atoms with Crippen LogP contribution in [0.3, 0.4) is 0 Å². The van der Waals surface area contributed by atoms with E-state index in [9.17, 15) is 19.2 Å². The standard InChI is InChI=1S/C26H49N5O4/c1-5-11-19(6-2)12-8-7-9-13-20-16-22(32)28-17-23(33)30-21(14-10-15-27)25(34)31-24(18(3)4)26(35)29-20/h18-21,24H,5-17,27H2,1-4H3,(H,28,32)(H,29,35)(H,30,33)(H,31,34)/t19?,20?,21-,24-/m0/s1. The summed E-state index contributed by atoms with van der Waals surface area (Å²) in [6, 6.07) is -1.92. The fourth-order valence-corrected chi connectivity index (χ4v) is 4.58. The number of amides is 4. The quantitative estimate of drug-likeness (QED) is 0.249. The van der Waals surface area contributed by atoms with Crippen molar-refractivity contribution in [3.63, 3.8) is 0 Å². The fraction of sp³-hybridized carbons (Fsp3) is 0.846. The first kappa shape index (κ1) is 30.9. The fourth-order valence-electron chi connectivity index (χ4n) is 4.58. The molecule has 202 valence electrons. The van der Waals surface area contributed by atoms with Gasteiger partial charge in [-0.25, -0.2) is 0 Å². The van der Waals surface area contributed by atoms with Gasteiger partial charge < -0.3 is 27.0 Å². The molecular weight excluding hydrogens is 446 g/mol. The smallest absolute Gasteiger partial charge is 0.243 e. The van der Waals surface area contributed by atoms with E-state index in [1.165, 1.54) is 25.7 Å². The second-order valence-corrected chi connectivity index (χ2v) is 10.2. The minimum atomic E-state index is -0.812. The molecule has 1 aliphatic heterocycles. The summed E-state index contributed by atoms with van der Waals surface area (Å²) < 4.78 is 0. The number of unbranched alkanes of at least 4 members (excludes halogenated alkanes) is 2. The maximum absolute atomic E-state index is 13.1. The lowest BCUT2D eigenvalue weighted by Gasteiger charge is -2.27. The van der Waals surface area contributed by atoms with Crippen molar-refractivity contribution in [1.82, 2.24) is 21.3 Å². The van der Waals surface area contributed by atoms with Crippen LogP contribution in [0.1, 0.15) is 98.3 Å². The van der Waals surface area contributed by atoms with Gasteiger partial charge in [0.1, 0.15) is 12.1 Å². The molecule has 35 heavy (non-hydrogen) atoms. The van der Waals surface area contributed by atoms with Gasteiger partial charge in [0.25, 0.3) is 0 Å². The van der Waals surface area contributed by atoms with Gasteiger partial charge in [-0.05, 0) is 37.6 Å². The lowest BCUT2D eigenvalue weighted by Crippen LogP contribution is -2.56. The topological polar surface area (TPSA) is 142 Å². The van der Waals surface area contributed by atoms with E-state index < -0.39 is 23.9 Å². The van der Waals surface area contributed by atoms with Gasteiger partial charge in [0.15, 0.2) is 0 Å². The number of hydrogen-bond acceptors (Lipinski definition) is 5. The van der Waals surface area contributed by atoms with Crippen molar-refractivity contribution in [2.24, 2.45) is 17.6 Å². The molecule has 1 saturated heterocycles. The number of carbonyl (C=O) groups is 4. The van der Waals surface area contributed by atoms with E-state index in [4.69, 9.17) is 5.73 Å². The van der Waals surface area contributed by atoms with Crippen molar-refractivity contribution >= 4 is 23.6 Å². The summed E-state index contributed by atoms with van der Waals surface area (Å²) >= 11 is 0. The largest absolute Gasteiger partial charge is 0.351 e. The third-order valence-corrected chi connectivity index (χ3v) is 6.76. The number of rotatable bonds is 13. The van der Waals surface area contributed by atoms with Crippen molar-refractivity contribution in [3.8, 4) is 0 Å². The minimum absolute atomic E-state index is 0.0990. The molecule has 0 bridgehead atoms. The van der Waals surface area contributed by atoms with E-state index in [0.717, 1.165) is 25.2 Å². The first-order chi connectivity index (χ1) is 16.7. The number of nitrogens with two attached hydrogens (primary N) is 1. The van der Waals surface area contributed by atoms with Crippen LogP contribution in [0.2, 0.25) is 0 Å². The Balaban J connectivity index is 2.86. The van der Waals surface area contributed by atoms with E-state index in [1.807, 2.05) is 13.8 Å². The second-order valence-electron chi connectivity index (χ2n) is 10.2. The van der Waals surface area contributed by atoms with Crippen molar-refractivity contribution < 1.29 is 19.2 Å². The van der Waals surface area contributed by atoms with Crippen molar-refractivity contribution in [1.29, 1.82) is 0 Å². The molecule has 9 heteroatoms. The van der Waals surface area contributed by atoms with Gasteiger partial charge in [-0.3, -0.25) is 19.2 Å². The number of carbonyl (C=O) groups excluding carboxylic acids is 4. The highest BCUT2D eigenvalue weighted by molar-refractivity contribution is 5.94. The number of nitrogens with one attached hydrogen (secondary N) is 4. The predicted octanol–water partition coefficient (Wildman–Crippen LogP) is 2.13. The lowest BCUT2D eigenvalue weighted by molar-refractivity contribution is -0.133. The maximum atomic E-state index is 13.1. The molecule has 1 rings (SSSR count). The van der Waals surface area contributed by atoms with Crippen LogP contribution < -0.4 is 27.0 Å². The molecule has 0 aromatic rings. The molecule has 2 unspecified atom stereocenters. The zero-order valence-corrected chi connectivity index (χ0v) is 22.3. The average molecular weight is 496 g/mol. The van der Waals surface area contributed by atoms with Gasteiger partial charge in [0, 0.05) is 12.5 Å². The summed E-state index contributed by atoms with van der Waals surface area (Å²) in [7, 11) is 0. The summed E-state index contributed by atoms with van der Waals surface area (Å²) in [5, 5.41) is 11.1. The molecule has 0 saturated carbocycles. The summed E-state index contributed by atoms with van der Waals surface area (Å²) in [6.07, 6.45) is 9.65. The number of hydrogen-bond donors (Lipinski definition) is 5. The Morgan fingerprint density at radius 1 is 0.857 bits per heavy atom. The van der Waals surface area contributed by atoms with Gasteiger partial charge in [-0.1, -0.05) is 72.6 Å². The van der Waals surface area contributed by atoms with Crippen LogP contribution in [0, 0.1) is 11.8 Å². The molecule has 1 aliphatic rings. The molecule has 4 atom stereocenters. The van der Waals surface area contributed by atoms with Crippen LogP contribution >= 0.6 is 0 Å². The van der Waals surface area contributed by atoms with Gasteiger partial charge >= 0.3 is 0 Å². The van der Waals surface area contributed by atoms with E-state index in [0.29, 0.717) is 25.8 Å². The van der Waals surface area contributed by atoms with Crippen LogP contribution in [-0.4, -0.2) is 54.8 Å². The third-order valence-electron chi connectivity index (χ3n) is 6.76. The Morgan fingerprint density at radius 3 is 2.23 bits per heavy atom. The lowest BCUT2D eigenvalue weighted by atomic mass is 9.93. The molecule has 0 radical (unpaired) electrons.